The molecular formula is C14H20N2O3. The van der Waals surface area contributed by atoms with Gasteiger partial charge in [-0.05, 0) is 19.2 Å². The number of ketones is 1. The number of carbonyl (C=O) groups excluding carboxylic acids is 2. The second-order valence-electron chi connectivity index (χ2n) is 4.62. The Morgan fingerprint density at radius 1 is 1.16 bits per heavy atom. The van der Waals surface area contributed by atoms with E-state index in [1.165, 1.54) is 4.90 Å². The second-order valence-corrected chi connectivity index (χ2v) is 4.62. The maximum Gasteiger partial charge on any atom is 0.236 e. The van der Waals surface area contributed by atoms with Crippen LogP contribution in [-0.2, 0) is 4.79 Å². The van der Waals surface area contributed by atoms with Gasteiger partial charge in [0.05, 0.1) is 20.2 Å². The zero-order chi connectivity index (χ0) is 14.4. The standard InChI is InChI=1S/C14H20N2O3/c1-15(2)14(18)10-16(3)9-13(17)11-6-5-7-12(8-11)19-4/h5-8H,9-10H2,1-4H3. The molecule has 1 aromatic carbocycles. The number of hydrogen-bond acceptors (Lipinski definition) is 4. The number of hydrogen-bond donors (Lipinski definition) is 0. The average molecular weight is 264 g/mol. The minimum absolute atomic E-state index is 0.0269. The molecule has 0 aliphatic carbocycles. The van der Waals surface area contributed by atoms with Gasteiger partial charge in [0.2, 0.25) is 5.91 Å². The minimum atomic E-state index is -0.0343. The molecule has 0 atom stereocenters. The van der Waals surface area contributed by atoms with Gasteiger partial charge >= 0.3 is 0 Å². The van der Waals surface area contributed by atoms with Crippen molar-refractivity contribution in [3.8, 4) is 5.75 Å². The fourth-order valence-corrected chi connectivity index (χ4v) is 1.56. The number of nitrogens with zero attached hydrogens (tertiary/aromatic N) is 2. The van der Waals surface area contributed by atoms with Crippen LogP contribution in [0.2, 0.25) is 0 Å². The van der Waals surface area contributed by atoms with Gasteiger partial charge in [0.15, 0.2) is 5.78 Å². The lowest BCUT2D eigenvalue weighted by molar-refractivity contribution is -0.129. The number of rotatable bonds is 6. The van der Waals surface area contributed by atoms with Crippen molar-refractivity contribution in [2.45, 2.75) is 0 Å². The molecule has 0 aromatic heterocycles. The van der Waals surface area contributed by atoms with Crippen molar-refractivity contribution < 1.29 is 14.3 Å². The summed E-state index contributed by atoms with van der Waals surface area (Å²) in [6, 6.07) is 7.00. The minimum Gasteiger partial charge on any atom is -0.497 e. The molecule has 0 aliphatic heterocycles. The van der Waals surface area contributed by atoms with E-state index >= 15 is 0 Å². The van der Waals surface area contributed by atoms with Crippen molar-refractivity contribution in [2.24, 2.45) is 0 Å². The van der Waals surface area contributed by atoms with Crippen LogP contribution in [0.15, 0.2) is 24.3 Å². The number of Topliss-reactive ketones (excluding diaryl/α,β-unsaturated/α-hetero) is 1. The molecule has 0 heterocycles. The summed E-state index contributed by atoms with van der Waals surface area (Å²) in [4.78, 5) is 26.8. The SMILES string of the molecule is COc1cccc(C(=O)CN(C)CC(=O)N(C)C)c1. The predicted molar refractivity (Wildman–Crippen MR) is 73.5 cm³/mol. The number of methoxy groups -OCH3 is 1. The molecule has 0 aliphatic rings. The smallest absolute Gasteiger partial charge is 0.236 e. The van der Waals surface area contributed by atoms with Gasteiger partial charge < -0.3 is 9.64 Å². The van der Waals surface area contributed by atoms with Crippen LogP contribution < -0.4 is 4.74 Å². The summed E-state index contributed by atoms with van der Waals surface area (Å²) in [5.74, 6) is 0.590. The Morgan fingerprint density at radius 3 is 2.42 bits per heavy atom. The molecule has 1 amide bonds. The highest BCUT2D eigenvalue weighted by molar-refractivity contribution is 5.98. The summed E-state index contributed by atoms with van der Waals surface area (Å²) >= 11 is 0. The normalized spacial score (nSPS) is 10.4. The molecule has 5 nitrogen and oxygen atoms in total. The summed E-state index contributed by atoms with van der Waals surface area (Å²) in [5.41, 5.74) is 0.587. The average Bonchev–Trinajstić information content (AvgIpc) is 2.38. The fraction of sp³-hybridized carbons (Fsp3) is 0.429. The fourth-order valence-electron chi connectivity index (χ4n) is 1.56. The molecule has 19 heavy (non-hydrogen) atoms. The van der Waals surface area contributed by atoms with Crippen molar-refractivity contribution in [3.63, 3.8) is 0 Å². The molecule has 1 rings (SSSR count). The Labute approximate surface area is 113 Å². The number of ether oxygens (including phenoxy) is 1. The van der Waals surface area contributed by atoms with Crippen molar-refractivity contribution in [1.82, 2.24) is 9.80 Å². The summed E-state index contributed by atoms with van der Waals surface area (Å²) in [6.45, 7) is 0.426. The largest absolute Gasteiger partial charge is 0.497 e. The van der Waals surface area contributed by atoms with Gasteiger partial charge in [0.1, 0.15) is 5.75 Å². The van der Waals surface area contributed by atoms with E-state index in [1.54, 1.807) is 57.4 Å². The maximum atomic E-state index is 12.1. The molecule has 0 fully saturated rings. The number of amides is 1. The first kappa shape index (κ1) is 15.2. The Kier molecular flexibility index (Phi) is 5.51. The Bertz CT molecular complexity index is 458. The van der Waals surface area contributed by atoms with Gasteiger partial charge in [0, 0.05) is 19.7 Å². The first-order valence-corrected chi connectivity index (χ1v) is 6.00. The van der Waals surface area contributed by atoms with Crippen LogP contribution in [-0.4, -0.2) is 62.8 Å². The van der Waals surface area contributed by atoms with Crippen molar-refractivity contribution in [3.05, 3.63) is 29.8 Å². The van der Waals surface area contributed by atoms with Gasteiger partial charge in [-0.3, -0.25) is 14.5 Å². The van der Waals surface area contributed by atoms with Crippen LogP contribution in [0, 0.1) is 0 Å². The molecule has 5 heteroatoms. The third kappa shape index (κ3) is 4.71. The van der Waals surface area contributed by atoms with E-state index in [0.717, 1.165) is 0 Å². The zero-order valence-corrected chi connectivity index (χ0v) is 11.8. The van der Waals surface area contributed by atoms with Crippen LogP contribution in [0.4, 0.5) is 0 Å². The first-order valence-electron chi connectivity index (χ1n) is 6.00. The lowest BCUT2D eigenvalue weighted by Crippen LogP contribution is -2.36. The lowest BCUT2D eigenvalue weighted by Gasteiger charge is -2.18. The van der Waals surface area contributed by atoms with Crippen LogP contribution >= 0.6 is 0 Å². The lowest BCUT2D eigenvalue weighted by atomic mass is 10.1. The highest BCUT2D eigenvalue weighted by atomic mass is 16.5. The van der Waals surface area contributed by atoms with Gasteiger partial charge in [-0.1, -0.05) is 12.1 Å². The van der Waals surface area contributed by atoms with Gasteiger partial charge in [-0.15, -0.1) is 0 Å². The zero-order valence-electron chi connectivity index (χ0n) is 11.8. The third-order valence-electron chi connectivity index (χ3n) is 2.71. The Balaban J connectivity index is 2.61. The van der Waals surface area contributed by atoms with E-state index in [-0.39, 0.29) is 24.8 Å². The van der Waals surface area contributed by atoms with Crippen LogP contribution in [0.5, 0.6) is 5.75 Å². The molecule has 0 spiro atoms. The molecule has 0 radical (unpaired) electrons. The summed E-state index contributed by atoms with van der Waals surface area (Å²) in [5, 5.41) is 0. The summed E-state index contributed by atoms with van der Waals surface area (Å²) in [6.07, 6.45) is 0. The number of benzene rings is 1. The Hall–Kier alpha value is -1.88. The molecule has 0 saturated heterocycles. The van der Waals surface area contributed by atoms with Gasteiger partial charge in [0.25, 0.3) is 0 Å². The van der Waals surface area contributed by atoms with Gasteiger partial charge in [-0.25, -0.2) is 0 Å². The van der Waals surface area contributed by atoms with Crippen LogP contribution in [0.1, 0.15) is 10.4 Å². The third-order valence-corrected chi connectivity index (χ3v) is 2.71. The number of likely N-dealkylation sites (N-methyl/N-ethyl adjacent to an activating group) is 2. The second kappa shape index (κ2) is 6.89. The topological polar surface area (TPSA) is 49.9 Å². The highest BCUT2D eigenvalue weighted by Gasteiger charge is 2.13. The van der Waals surface area contributed by atoms with Crippen LogP contribution in [0.3, 0.4) is 0 Å². The molecule has 0 saturated carbocycles. The quantitative estimate of drug-likeness (QED) is 0.716. The first-order chi connectivity index (χ1) is 8.93. The monoisotopic (exact) mass is 264 g/mol. The highest BCUT2D eigenvalue weighted by Crippen LogP contribution is 2.13. The molecule has 1 aromatic rings. The number of carbonyl (C=O) groups is 2. The van der Waals surface area contributed by atoms with E-state index < -0.39 is 0 Å². The molecule has 0 bridgehead atoms. The Morgan fingerprint density at radius 2 is 1.84 bits per heavy atom. The molecule has 0 unspecified atom stereocenters. The van der Waals surface area contributed by atoms with E-state index in [9.17, 15) is 9.59 Å². The van der Waals surface area contributed by atoms with Crippen molar-refractivity contribution >= 4 is 11.7 Å². The summed E-state index contributed by atoms with van der Waals surface area (Å²) < 4.78 is 5.08. The van der Waals surface area contributed by atoms with E-state index in [0.29, 0.717) is 11.3 Å². The van der Waals surface area contributed by atoms with E-state index in [1.807, 2.05) is 0 Å². The molecule has 0 N–H and O–H groups in total. The van der Waals surface area contributed by atoms with E-state index in [4.69, 9.17) is 4.74 Å². The van der Waals surface area contributed by atoms with Crippen molar-refractivity contribution in [1.29, 1.82) is 0 Å². The predicted octanol–water partition coefficient (Wildman–Crippen LogP) is 0.898. The van der Waals surface area contributed by atoms with Crippen molar-refractivity contribution in [2.75, 3.05) is 41.3 Å². The van der Waals surface area contributed by atoms with E-state index in [2.05, 4.69) is 0 Å². The molecule has 104 valence electrons. The maximum absolute atomic E-state index is 12.1. The van der Waals surface area contributed by atoms with Crippen LogP contribution in [0.25, 0.3) is 0 Å². The molecular weight excluding hydrogens is 244 g/mol. The van der Waals surface area contributed by atoms with Gasteiger partial charge in [-0.2, -0.15) is 0 Å². The summed E-state index contributed by atoms with van der Waals surface area (Å²) in [7, 11) is 6.70.